The first-order chi connectivity index (χ1) is 13.9. The number of ether oxygens (including phenoxy) is 1. The van der Waals surface area contributed by atoms with E-state index >= 15 is 0 Å². The fraction of sp³-hybridized carbons (Fsp3) is 0.190. The number of carbonyl (C=O) groups excluding carboxylic acids is 3. The van der Waals surface area contributed by atoms with Gasteiger partial charge >= 0.3 is 12.0 Å². The van der Waals surface area contributed by atoms with Crippen molar-refractivity contribution < 1.29 is 19.1 Å². The van der Waals surface area contributed by atoms with Crippen molar-refractivity contribution in [1.29, 1.82) is 0 Å². The summed E-state index contributed by atoms with van der Waals surface area (Å²) in [7, 11) is 0. The van der Waals surface area contributed by atoms with E-state index in [0.717, 1.165) is 5.56 Å². The minimum atomic E-state index is -0.652. The van der Waals surface area contributed by atoms with E-state index in [4.69, 9.17) is 16.3 Å². The number of carbonyl (C=O) groups is 3. The van der Waals surface area contributed by atoms with Crippen molar-refractivity contribution in [3.63, 3.8) is 0 Å². The average Bonchev–Trinajstić information content (AvgIpc) is 3.08. The topological polar surface area (TPSA) is 87.7 Å². The smallest absolute Gasteiger partial charge is 0.338 e. The SMILES string of the molecule is Cc1ccc(NC(=O)CN2C(=O)N[C@H](c3ccc(Cl)cc3)C3=C2COC3=O)cc1. The molecular formula is C21H18ClN3O4. The van der Waals surface area contributed by atoms with E-state index in [1.807, 2.05) is 19.1 Å². The number of cyclic esters (lactones) is 1. The van der Waals surface area contributed by atoms with Gasteiger partial charge in [-0.25, -0.2) is 9.59 Å². The molecule has 0 spiro atoms. The number of halogens is 1. The molecule has 2 aliphatic heterocycles. The van der Waals surface area contributed by atoms with Crippen LogP contribution in [0.4, 0.5) is 10.5 Å². The Bertz CT molecular complexity index is 1020. The molecule has 2 aliphatic rings. The molecule has 4 rings (SSSR count). The summed E-state index contributed by atoms with van der Waals surface area (Å²) in [5.41, 5.74) is 3.14. The summed E-state index contributed by atoms with van der Waals surface area (Å²) in [6.07, 6.45) is 0. The van der Waals surface area contributed by atoms with Crippen molar-refractivity contribution >= 4 is 35.2 Å². The lowest BCUT2D eigenvalue weighted by Gasteiger charge is -2.32. The molecule has 0 aromatic heterocycles. The maximum absolute atomic E-state index is 12.7. The Morgan fingerprint density at radius 1 is 1.17 bits per heavy atom. The molecule has 2 N–H and O–H groups in total. The quantitative estimate of drug-likeness (QED) is 0.756. The van der Waals surface area contributed by atoms with Gasteiger partial charge in [-0.05, 0) is 36.8 Å². The molecule has 2 aromatic rings. The minimum Gasteiger partial charge on any atom is -0.456 e. The van der Waals surface area contributed by atoms with E-state index in [-0.39, 0.29) is 19.1 Å². The summed E-state index contributed by atoms with van der Waals surface area (Å²) in [6.45, 7) is 1.66. The molecule has 8 heteroatoms. The highest BCUT2D eigenvalue weighted by atomic mass is 35.5. The highest BCUT2D eigenvalue weighted by Gasteiger charge is 2.42. The average molecular weight is 412 g/mol. The molecule has 2 heterocycles. The Kier molecular flexibility index (Phi) is 4.98. The number of nitrogens with one attached hydrogen (secondary N) is 2. The van der Waals surface area contributed by atoms with Gasteiger partial charge in [0.2, 0.25) is 5.91 Å². The van der Waals surface area contributed by atoms with Gasteiger partial charge in [-0.2, -0.15) is 0 Å². The molecular weight excluding hydrogens is 394 g/mol. The number of rotatable bonds is 4. The lowest BCUT2D eigenvalue weighted by molar-refractivity contribution is -0.136. The van der Waals surface area contributed by atoms with Gasteiger partial charge in [0, 0.05) is 10.7 Å². The van der Waals surface area contributed by atoms with Crippen LogP contribution in [0.25, 0.3) is 0 Å². The number of nitrogens with zero attached hydrogens (tertiary/aromatic N) is 1. The number of aryl methyl sites for hydroxylation is 1. The van der Waals surface area contributed by atoms with Crippen molar-refractivity contribution in [1.82, 2.24) is 10.2 Å². The van der Waals surface area contributed by atoms with Crippen LogP contribution in [0.3, 0.4) is 0 Å². The molecule has 7 nitrogen and oxygen atoms in total. The van der Waals surface area contributed by atoms with Gasteiger partial charge in [-0.15, -0.1) is 0 Å². The van der Waals surface area contributed by atoms with E-state index in [9.17, 15) is 14.4 Å². The second kappa shape index (κ2) is 7.60. The Balaban J connectivity index is 1.58. The van der Waals surface area contributed by atoms with Gasteiger partial charge in [0.15, 0.2) is 0 Å². The Labute approximate surface area is 172 Å². The van der Waals surface area contributed by atoms with Gasteiger partial charge in [0.1, 0.15) is 13.2 Å². The summed E-state index contributed by atoms with van der Waals surface area (Å²) in [5, 5.41) is 6.09. The summed E-state index contributed by atoms with van der Waals surface area (Å²) in [4.78, 5) is 38.8. The molecule has 2 aromatic carbocycles. The number of urea groups is 1. The molecule has 0 saturated heterocycles. The molecule has 3 amide bonds. The van der Waals surface area contributed by atoms with Gasteiger partial charge in [-0.1, -0.05) is 41.4 Å². The fourth-order valence-corrected chi connectivity index (χ4v) is 3.49. The van der Waals surface area contributed by atoms with Crippen LogP contribution in [0.5, 0.6) is 0 Å². The van der Waals surface area contributed by atoms with E-state index < -0.39 is 18.0 Å². The van der Waals surface area contributed by atoms with Gasteiger partial charge in [0.05, 0.1) is 17.3 Å². The van der Waals surface area contributed by atoms with E-state index in [2.05, 4.69) is 10.6 Å². The number of anilines is 1. The summed E-state index contributed by atoms with van der Waals surface area (Å²) >= 11 is 5.93. The Morgan fingerprint density at radius 3 is 2.55 bits per heavy atom. The lowest BCUT2D eigenvalue weighted by Crippen LogP contribution is -2.49. The van der Waals surface area contributed by atoms with Crippen LogP contribution in [0.2, 0.25) is 5.02 Å². The predicted molar refractivity (Wildman–Crippen MR) is 107 cm³/mol. The minimum absolute atomic E-state index is 0.0521. The van der Waals surface area contributed by atoms with Crippen LogP contribution in [0, 0.1) is 6.92 Å². The fourth-order valence-electron chi connectivity index (χ4n) is 3.36. The highest BCUT2D eigenvalue weighted by molar-refractivity contribution is 6.30. The number of hydrogen-bond donors (Lipinski definition) is 2. The van der Waals surface area contributed by atoms with Crippen molar-refractivity contribution in [2.45, 2.75) is 13.0 Å². The van der Waals surface area contributed by atoms with Crippen molar-refractivity contribution in [3.05, 3.63) is 76.0 Å². The number of benzene rings is 2. The van der Waals surface area contributed by atoms with Gasteiger partial charge in [0.25, 0.3) is 0 Å². The third-order valence-electron chi connectivity index (χ3n) is 4.84. The van der Waals surface area contributed by atoms with E-state index in [1.54, 1.807) is 36.4 Å². The van der Waals surface area contributed by atoms with Crippen LogP contribution in [0.1, 0.15) is 17.2 Å². The molecule has 148 valence electrons. The predicted octanol–water partition coefficient (Wildman–Crippen LogP) is 3.16. The zero-order valence-corrected chi connectivity index (χ0v) is 16.3. The third kappa shape index (κ3) is 3.82. The maximum atomic E-state index is 12.7. The van der Waals surface area contributed by atoms with E-state index in [0.29, 0.717) is 27.5 Å². The first-order valence-electron chi connectivity index (χ1n) is 9.02. The zero-order valence-electron chi connectivity index (χ0n) is 15.6. The second-order valence-electron chi connectivity index (χ2n) is 6.87. The summed E-state index contributed by atoms with van der Waals surface area (Å²) in [6, 6.07) is 13.1. The monoisotopic (exact) mass is 411 g/mol. The highest BCUT2D eigenvalue weighted by Crippen LogP contribution is 2.35. The second-order valence-corrected chi connectivity index (χ2v) is 7.31. The summed E-state index contributed by atoms with van der Waals surface area (Å²) in [5.74, 6) is -0.885. The van der Waals surface area contributed by atoms with Crippen LogP contribution in [0.15, 0.2) is 59.8 Å². The van der Waals surface area contributed by atoms with Gasteiger partial charge < -0.3 is 15.4 Å². The molecule has 1 atom stereocenters. The number of esters is 1. The summed E-state index contributed by atoms with van der Waals surface area (Å²) < 4.78 is 5.16. The first kappa shape index (κ1) is 19.0. The number of amides is 3. The molecule has 0 unspecified atom stereocenters. The molecule has 0 fully saturated rings. The normalized spacial score (nSPS) is 18.3. The lowest BCUT2D eigenvalue weighted by atomic mass is 9.96. The molecule has 29 heavy (non-hydrogen) atoms. The Hall–Kier alpha value is -3.32. The molecule has 0 saturated carbocycles. The maximum Gasteiger partial charge on any atom is 0.338 e. The molecule has 0 radical (unpaired) electrons. The van der Waals surface area contributed by atoms with Crippen molar-refractivity contribution in [3.8, 4) is 0 Å². The van der Waals surface area contributed by atoms with Crippen molar-refractivity contribution in [2.75, 3.05) is 18.5 Å². The third-order valence-corrected chi connectivity index (χ3v) is 5.09. The molecule has 0 aliphatic carbocycles. The van der Waals surface area contributed by atoms with E-state index in [1.165, 1.54) is 4.90 Å². The standard InChI is InChI=1S/C21H18ClN3O4/c1-12-2-8-15(9-3-12)23-17(26)10-25-16-11-29-20(27)18(16)19(24-21(25)28)13-4-6-14(22)7-5-13/h2-9,19H,10-11H2,1H3,(H,23,26)(H,24,28)/t19-/m1/s1. The van der Waals surface area contributed by atoms with Crippen LogP contribution < -0.4 is 10.6 Å². The zero-order chi connectivity index (χ0) is 20.5. The Morgan fingerprint density at radius 2 is 1.86 bits per heavy atom. The number of hydrogen-bond acceptors (Lipinski definition) is 4. The molecule has 0 bridgehead atoms. The van der Waals surface area contributed by atoms with Crippen LogP contribution >= 0.6 is 11.6 Å². The van der Waals surface area contributed by atoms with Crippen LogP contribution in [-0.2, 0) is 14.3 Å². The largest absolute Gasteiger partial charge is 0.456 e. The first-order valence-corrected chi connectivity index (χ1v) is 9.40. The van der Waals surface area contributed by atoms with Gasteiger partial charge in [-0.3, -0.25) is 9.69 Å². The van der Waals surface area contributed by atoms with Crippen LogP contribution in [-0.4, -0.2) is 36.0 Å². The van der Waals surface area contributed by atoms with Crippen molar-refractivity contribution in [2.24, 2.45) is 0 Å².